The zero-order chi connectivity index (χ0) is 56.2. The molecule has 4 bridgehead atoms. The zero-order valence-corrected chi connectivity index (χ0v) is 47.4. The fourth-order valence-corrected chi connectivity index (χ4v) is 9.13. The molecule has 1 heterocycles. The molecule has 16 nitrogen and oxygen atoms in total. The summed E-state index contributed by atoms with van der Waals surface area (Å²) >= 11 is 0. The van der Waals surface area contributed by atoms with Gasteiger partial charge in [0.1, 0.15) is 42.0 Å². The number of nitrogens with zero attached hydrogens (tertiary/aromatic N) is 1. The molecule has 1 aliphatic rings. The number of ether oxygens (including phenoxy) is 5. The molecule has 0 aromatic heterocycles. The number of amides is 4. The Bertz CT molecular complexity index is 2460. The summed E-state index contributed by atoms with van der Waals surface area (Å²) in [5, 5.41) is 8.31. The summed E-state index contributed by atoms with van der Waals surface area (Å²) < 4.78 is 28.8. The fourth-order valence-electron chi connectivity index (χ4n) is 9.13. The maximum atomic E-state index is 15.2. The van der Waals surface area contributed by atoms with E-state index in [9.17, 15) is 24.0 Å². The van der Waals surface area contributed by atoms with Crippen molar-refractivity contribution >= 4 is 41.4 Å². The largest absolute Gasteiger partial charge is 0.493 e. The first kappa shape index (κ1) is 62.3. The lowest BCUT2D eigenvalue weighted by Gasteiger charge is -2.32. The second-order valence-corrected chi connectivity index (χ2v) is 22.0. The van der Waals surface area contributed by atoms with Gasteiger partial charge in [0.15, 0.2) is 17.3 Å². The number of benzene rings is 3. The first-order valence-electron chi connectivity index (χ1n) is 27.2. The number of unbranched alkanes of at least 4 members (excludes halogenated alkanes) is 5. The van der Waals surface area contributed by atoms with Crippen LogP contribution in [0.3, 0.4) is 0 Å². The fraction of sp³-hybridized carbons (Fsp3) is 0.583. The van der Waals surface area contributed by atoms with Gasteiger partial charge in [0.2, 0.25) is 11.8 Å². The third-order valence-electron chi connectivity index (χ3n) is 12.9. The Morgan fingerprint density at radius 1 is 0.750 bits per heavy atom. The van der Waals surface area contributed by atoms with Crippen LogP contribution in [-0.4, -0.2) is 111 Å². The number of fused-ring (bicyclic) bond motifs is 5. The molecule has 3 aromatic rings. The topological polar surface area (TPSA) is 205 Å². The molecule has 76 heavy (non-hydrogen) atoms. The third-order valence-corrected chi connectivity index (χ3v) is 12.9. The Hall–Kier alpha value is -6.29. The van der Waals surface area contributed by atoms with E-state index in [0.717, 1.165) is 30.4 Å². The van der Waals surface area contributed by atoms with Crippen LogP contribution >= 0.6 is 0 Å². The second kappa shape index (κ2) is 29.9. The van der Waals surface area contributed by atoms with Gasteiger partial charge in [-0.3, -0.25) is 24.0 Å². The maximum absolute atomic E-state index is 15.2. The van der Waals surface area contributed by atoms with Gasteiger partial charge in [0, 0.05) is 62.1 Å². The lowest BCUT2D eigenvalue weighted by atomic mass is 9.88. The summed E-state index contributed by atoms with van der Waals surface area (Å²) in [6.45, 7) is 18.4. The van der Waals surface area contributed by atoms with E-state index in [1.165, 1.54) is 44.7 Å². The average molecular weight is 1060 g/mol. The smallest absolute Gasteiger partial charge is 0.407 e. The van der Waals surface area contributed by atoms with Gasteiger partial charge in [-0.25, -0.2) is 9.59 Å². The Morgan fingerprint density at radius 3 is 2.00 bits per heavy atom. The van der Waals surface area contributed by atoms with Crippen molar-refractivity contribution in [2.24, 2.45) is 11.8 Å². The normalized spacial score (nSPS) is 16.3. The minimum atomic E-state index is -1.29. The van der Waals surface area contributed by atoms with E-state index in [1.54, 1.807) is 78.8 Å². The van der Waals surface area contributed by atoms with Crippen molar-refractivity contribution in [2.75, 3.05) is 47.1 Å². The number of methoxy groups -OCH3 is 1. The van der Waals surface area contributed by atoms with Crippen LogP contribution in [0.2, 0.25) is 0 Å². The molecule has 0 fully saturated rings. The first-order valence-corrected chi connectivity index (χ1v) is 27.2. The number of hydrogen-bond acceptors (Lipinski definition) is 12. The van der Waals surface area contributed by atoms with Crippen LogP contribution in [0.25, 0.3) is 11.1 Å². The lowest BCUT2D eigenvalue weighted by Crippen LogP contribution is -2.47. The highest BCUT2D eigenvalue weighted by molar-refractivity contribution is 6.01. The highest BCUT2D eigenvalue weighted by Crippen LogP contribution is 2.41. The van der Waals surface area contributed by atoms with Crippen LogP contribution in [0.5, 0.6) is 11.5 Å². The SMILES string of the molecule is CCCCCCCCc1ccc(C(=O)C[C@@H](CCNC(=O)OC(C)(C)C)C(=O)N(C)[C@@H]2C(=O)C[C@@H](C)C(=O)N[C@H](C(=O)COC)Cc3ccc(OCCNC(=O)OC(C)(C)C)c(c3)-c3cc2ccc3OCCC)c(C)c1. The summed E-state index contributed by atoms with van der Waals surface area (Å²) in [6, 6.07) is 14.1. The molecule has 4 amide bonds. The molecule has 0 unspecified atom stereocenters. The average Bonchev–Trinajstić information content (AvgIpc) is 3.34. The Balaban J connectivity index is 1.83. The second-order valence-electron chi connectivity index (χ2n) is 22.0. The van der Waals surface area contributed by atoms with E-state index in [1.807, 2.05) is 38.1 Å². The summed E-state index contributed by atoms with van der Waals surface area (Å²) in [6.07, 6.45) is 6.87. The Morgan fingerprint density at radius 2 is 1.37 bits per heavy atom. The van der Waals surface area contributed by atoms with Crippen LogP contribution in [0.4, 0.5) is 9.59 Å². The summed E-state index contributed by atoms with van der Waals surface area (Å²) in [5.41, 5.74) is 3.02. The number of Topliss-reactive ketones (excluding diaryl/α,β-unsaturated/α-hetero) is 3. The summed E-state index contributed by atoms with van der Waals surface area (Å²) in [4.78, 5) is 99.0. The van der Waals surface area contributed by atoms with Crippen LogP contribution < -0.4 is 25.4 Å². The number of carbonyl (C=O) groups is 7. The standard InChI is InChI=1S/C60H86N4O12/c1-13-15-16-17-18-19-20-41-21-24-45(39(3)32-41)49(65)37-44(27-28-61-57(70)75-59(5,6)7)56(69)64(11)54-43-23-26-53(73-30-14-2)47(36-43)46-34-42(22-25-52(46)74-31-29-62-58(71)76-60(8,9)10)35-48(51(67)38-72-12)63-55(68)40(4)33-50(54)66/h21-26,32,34,36,40,44,48,54H,13-20,27-31,33,35,37-38H2,1-12H3,(H,61,70)(H,62,71)(H,63,68)/t40-,44-,48+,54+/m1/s1. The number of aryl methyl sites for hydroxylation is 2. The molecule has 0 saturated carbocycles. The van der Waals surface area contributed by atoms with Gasteiger partial charge < -0.3 is 44.5 Å². The quantitative estimate of drug-likeness (QED) is 0.0536. The zero-order valence-electron chi connectivity index (χ0n) is 47.4. The van der Waals surface area contributed by atoms with Crippen LogP contribution in [0.1, 0.15) is 165 Å². The molecule has 4 atom stereocenters. The highest BCUT2D eigenvalue weighted by Gasteiger charge is 2.37. The van der Waals surface area contributed by atoms with Gasteiger partial charge in [-0.2, -0.15) is 0 Å². The third kappa shape index (κ3) is 20.0. The van der Waals surface area contributed by atoms with Gasteiger partial charge in [-0.05, 0) is 127 Å². The van der Waals surface area contributed by atoms with Crippen LogP contribution in [-0.2, 0) is 46.2 Å². The van der Waals surface area contributed by atoms with Gasteiger partial charge in [-0.15, -0.1) is 0 Å². The van der Waals surface area contributed by atoms with Crippen molar-refractivity contribution in [3.8, 4) is 22.6 Å². The molecule has 0 saturated heterocycles. The minimum absolute atomic E-state index is 0.0125. The van der Waals surface area contributed by atoms with Crippen molar-refractivity contribution in [1.82, 2.24) is 20.9 Å². The van der Waals surface area contributed by atoms with Gasteiger partial charge >= 0.3 is 12.2 Å². The van der Waals surface area contributed by atoms with E-state index in [0.29, 0.717) is 52.3 Å². The Kier molecular flexibility index (Phi) is 24.5. The molecule has 0 radical (unpaired) electrons. The van der Waals surface area contributed by atoms with Crippen molar-refractivity contribution < 1.29 is 57.2 Å². The molecule has 16 heteroatoms. The summed E-state index contributed by atoms with van der Waals surface area (Å²) in [5.74, 6) is -3.31. The minimum Gasteiger partial charge on any atom is -0.493 e. The predicted octanol–water partition coefficient (Wildman–Crippen LogP) is 10.4. The summed E-state index contributed by atoms with van der Waals surface area (Å²) in [7, 11) is 2.90. The van der Waals surface area contributed by atoms with E-state index in [-0.39, 0.29) is 63.6 Å². The molecular formula is C60H86N4O12. The van der Waals surface area contributed by atoms with Crippen LogP contribution in [0.15, 0.2) is 54.6 Å². The van der Waals surface area contributed by atoms with Crippen molar-refractivity contribution in [3.63, 3.8) is 0 Å². The van der Waals surface area contributed by atoms with Gasteiger partial charge in [0.05, 0.1) is 19.2 Å². The molecule has 0 aliphatic carbocycles. The molecular weight excluding hydrogens is 969 g/mol. The first-order chi connectivity index (χ1) is 35.9. The van der Waals surface area contributed by atoms with Crippen molar-refractivity contribution in [3.05, 3.63) is 82.4 Å². The maximum Gasteiger partial charge on any atom is 0.407 e. The van der Waals surface area contributed by atoms with Crippen LogP contribution in [0, 0.1) is 18.8 Å². The number of nitrogens with one attached hydrogen (secondary N) is 3. The Labute approximate surface area is 451 Å². The highest BCUT2D eigenvalue weighted by atomic mass is 16.6. The number of ketones is 3. The molecule has 3 N–H and O–H groups in total. The van der Waals surface area contributed by atoms with E-state index >= 15 is 9.59 Å². The van der Waals surface area contributed by atoms with E-state index in [2.05, 4.69) is 22.9 Å². The number of likely N-dealkylation sites (N-methyl/N-ethyl adjacent to an activating group) is 1. The van der Waals surface area contributed by atoms with Crippen molar-refractivity contribution in [1.29, 1.82) is 0 Å². The molecule has 1 aliphatic heterocycles. The molecule has 0 spiro atoms. The van der Waals surface area contributed by atoms with Gasteiger partial charge in [0.25, 0.3) is 0 Å². The predicted molar refractivity (Wildman–Crippen MR) is 294 cm³/mol. The number of carbonyl (C=O) groups excluding carboxylic acids is 7. The number of alkyl carbamates (subject to hydrolysis) is 2. The number of hydrogen-bond donors (Lipinski definition) is 3. The molecule has 418 valence electrons. The van der Waals surface area contributed by atoms with E-state index in [4.69, 9.17) is 23.7 Å². The monoisotopic (exact) mass is 1050 g/mol. The van der Waals surface area contributed by atoms with Crippen molar-refractivity contribution in [2.45, 2.75) is 170 Å². The lowest BCUT2D eigenvalue weighted by molar-refractivity contribution is -0.142. The van der Waals surface area contributed by atoms with E-state index < -0.39 is 64.9 Å². The van der Waals surface area contributed by atoms with Gasteiger partial charge in [-0.1, -0.05) is 83.2 Å². The molecule has 3 aromatic carbocycles. The molecule has 4 rings (SSSR count). The number of rotatable bonds is 25.